The van der Waals surface area contributed by atoms with E-state index in [0.717, 1.165) is 0 Å². The number of carbonyl (C=O) groups is 4. The normalized spacial score (nSPS) is 12.1. The van der Waals surface area contributed by atoms with Gasteiger partial charge in [-0.1, -0.05) is 0 Å². The number of amides is 2. The molecule has 0 aliphatic heterocycles. The van der Waals surface area contributed by atoms with Crippen LogP contribution in [0.15, 0.2) is 36.4 Å². The van der Waals surface area contributed by atoms with Crippen LogP contribution < -0.4 is 10.6 Å². The third-order valence-electron chi connectivity index (χ3n) is 4.12. The molecule has 0 fully saturated rings. The second-order valence-electron chi connectivity index (χ2n) is 7.00. The number of hydrogen-bond donors (Lipinski definition) is 3. The molecule has 0 spiro atoms. The summed E-state index contributed by atoms with van der Waals surface area (Å²) < 4.78 is 147. The number of carboxylic acid groups (broad SMARTS) is 1. The number of rotatable bonds is 4. The van der Waals surface area contributed by atoms with Crippen molar-refractivity contribution in [1.29, 1.82) is 0 Å². The molecule has 0 aromatic heterocycles. The van der Waals surface area contributed by atoms with E-state index < -0.39 is 81.4 Å². The summed E-state index contributed by atoms with van der Waals surface area (Å²) in [4.78, 5) is 42.6. The first-order valence-corrected chi connectivity index (χ1v) is 9.85. The third-order valence-corrected chi connectivity index (χ3v) is 4.33. The first-order valence-electron chi connectivity index (χ1n) is 9.47. The van der Waals surface area contributed by atoms with Crippen molar-refractivity contribution >= 4 is 46.0 Å². The molecule has 0 radical (unpaired) electrons. The number of carbonyl (C=O) groups excluding carboxylic acids is 3. The van der Waals surface area contributed by atoms with Gasteiger partial charge in [0.05, 0.1) is 16.7 Å². The van der Waals surface area contributed by atoms with E-state index in [0.29, 0.717) is 24.3 Å². The lowest BCUT2D eigenvalue weighted by atomic mass is 10.1. The summed E-state index contributed by atoms with van der Waals surface area (Å²) in [6.45, 7) is 0. The Hall–Kier alpha value is -4.03. The zero-order chi connectivity index (χ0) is 31.4. The van der Waals surface area contributed by atoms with Crippen LogP contribution in [0.5, 0.6) is 0 Å². The first-order chi connectivity index (χ1) is 17.9. The van der Waals surface area contributed by atoms with E-state index in [4.69, 9.17) is 16.7 Å². The van der Waals surface area contributed by atoms with Gasteiger partial charge < -0.3 is 15.7 Å². The maximum Gasteiger partial charge on any atom is 0.471 e. The number of anilines is 2. The zero-order valence-corrected chi connectivity index (χ0v) is 19.2. The Kier molecular flexibility index (Phi) is 10.2. The summed E-state index contributed by atoms with van der Waals surface area (Å²) in [6, 6.07) is 2.67. The van der Waals surface area contributed by atoms with Crippen molar-refractivity contribution in [3.63, 3.8) is 0 Å². The van der Waals surface area contributed by atoms with Crippen molar-refractivity contribution in [3.8, 4) is 0 Å². The van der Waals surface area contributed by atoms with Crippen LogP contribution >= 0.6 is 11.6 Å². The molecule has 0 aliphatic rings. The smallest absolute Gasteiger partial charge is 0.471 e. The molecule has 0 aliphatic carbocycles. The van der Waals surface area contributed by atoms with Gasteiger partial charge in [0.25, 0.3) is 5.24 Å². The van der Waals surface area contributed by atoms with Crippen LogP contribution in [0, 0.1) is 0 Å². The standard InChI is InChI=1S/C10H4ClF6NO2.C10H5F6NO3/c11-7(19)5-2-1-4(3-6(5)9(12,13)14)18-8(20)10(15,16)17;11-9(12,13)6-3-4(1-2-5(6)7(18)19)17-8(20)10(14,15)16/h1-3H,(H,18,20);1-3H,(H,17,20)(H,18,19). The number of hydrogen-bond acceptors (Lipinski definition) is 4. The number of aromatic carboxylic acids is 1. The van der Waals surface area contributed by atoms with Gasteiger partial charge in [-0.05, 0) is 48.0 Å². The molecular formula is C20H9ClF12N2O5. The highest BCUT2D eigenvalue weighted by atomic mass is 35.5. The third kappa shape index (κ3) is 9.62. The zero-order valence-electron chi connectivity index (χ0n) is 18.5. The Morgan fingerprint density at radius 1 is 0.600 bits per heavy atom. The van der Waals surface area contributed by atoms with Gasteiger partial charge in [-0.2, -0.15) is 52.7 Å². The summed E-state index contributed by atoms with van der Waals surface area (Å²) >= 11 is 4.94. The molecule has 0 bridgehead atoms. The van der Waals surface area contributed by atoms with E-state index >= 15 is 0 Å². The van der Waals surface area contributed by atoms with Crippen LogP contribution in [0.1, 0.15) is 31.8 Å². The average molecular weight is 621 g/mol. The maximum atomic E-state index is 12.6. The van der Waals surface area contributed by atoms with E-state index in [-0.39, 0.29) is 12.1 Å². The van der Waals surface area contributed by atoms with Gasteiger partial charge in [0, 0.05) is 16.9 Å². The Morgan fingerprint density at radius 3 is 1.20 bits per heavy atom. The Balaban J connectivity index is 0.000000400. The minimum atomic E-state index is -5.27. The van der Waals surface area contributed by atoms with Crippen LogP contribution in [0.25, 0.3) is 0 Å². The molecular weight excluding hydrogens is 612 g/mol. The van der Waals surface area contributed by atoms with E-state index in [1.807, 2.05) is 0 Å². The van der Waals surface area contributed by atoms with Gasteiger partial charge in [0.1, 0.15) is 0 Å². The summed E-state index contributed by atoms with van der Waals surface area (Å²) in [5.74, 6) is -6.80. The number of alkyl halides is 12. The van der Waals surface area contributed by atoms with Crippen LogP contribution in [0.4, 0.5) is 64.1 Å². The first kappa shape index (κ1) is 34.0. The average Bonchev–Trinajstić information content (AvgIpc) is 2.76. The largest absolute Gasteiger partial charge is 0.478 e. The lowest BCUT2D eigenvalue weighted by Gasteiger charge is -2.13. The molecule has 220 valence electrons. The van der Waals surface area contributed by atoms with Crippen molar-refractivity contribution < 1.29 is 77.0 Å². The van der Waals surface area contributed by atoms with E-state index in [1.165, 1.54) is 10.6 Å². The van der Waals surface area contributed by atoms with Gasteiger partial charge in [-0.25, -0.2) is 4.79 Å². The highest BCUT2D eigenvalue weighted by Crippen LogP contribution is 2.35. The highest BCUT2D eigenvalue weighted by molar-refractivity contribution is 6.68. The Bertz CT molecular complexity index is 1200. The van der Waals surface area contributed by atoms with E-state index in [1.54, 1.807) is 0 Å². The van der Waals surface area contributed by atoms with Crippen molar-refractivity contribution in [1.82, 2.24) is 0 Å². The summed E-state index contributed by atoms with van der Waals surface area (Å²) in [5, 5.41) is 9.58. The van der Waals surface area contributed by atoms with E-state index in [2.05, 4.69) is 0 Å². The molecule has 0 saturated heterocycles. The minimum absolute atomic E-state index is 0.118. The fourth-order valence-corrected chi connectivity index (χ4v) is 2.64. The van der Waals surface area contributed by atoms with Crippen LogP contribution in [0.3, 0.4) is 0 Å². The number of nitrogens with one attached hydrogen (secondary N) is 2. The topological polar surface area (TPSA) is 113 Å². The highest BCUT2D eigenvalue weighted by Gasteiger charge is 2.41. The number of benzene rings is 2. The summed E-state index contributed by atoms with van der Waals surface area (Å²) in [7, 11) is 0. The fourth-order valence-electron chi connectivity index (χ4n) is 2.47. The van der Waals surface area contributed by atoms with Crippen molar-refractivity contribution in [3.05, 3.63) is 58.7 Å². The molecule has 2 aromatic carbocycles. The summed E-state index contributed by atoms with van der Waals surface area (Å²) in [5.41, 5.74) is -6.85. The Labute approximate surface area is 217 Å². The quantitative estimate of drug-likeness (QED) is 0.267. The van der Waals surface area contributed by atoms with Crippen LogP contribution in [-0.4, -0.2) is 40.5 Å². The molecule has 7 nitrogen and oxygen atoms in total. The summed E-state index contributed by atoms with van der Waals surface area (Å²) in [6.07, 6.45) is -20.6. The lowest BCUT2D eigenvalue weighted by molar-refractivity contribution is -0.167. The maximum absolute atomic E-state index is 12.6. The fraction of sp³-hybridized carbons (Fsp3) is 0.200. The van der Waals surface area contributed by atoms with Gasteiger partial charge in [-0.15, -0.1) is 0 Å². The molecule has 2 amide bonds. The van der Waals surface area contributed by atoms with E-state index in [9.17, 15) is 71.9 Å². The van der Waals surface area contributed by atoms with Crippen LogP contribution in [-0.2, 0) is 21.9 Å². The molecule has 3 N–H and O–H groups in total. The lowest BCUT2D eigenvalue weighted by Crippen LogP contribution is -2.30. The van der Waals surface area contributed by atoms with Gasteiger partial charge in [0.15, 0.2) is 0 Å². The van der Waals surface area contributed by atoms with Crippen molar-refractivity contribution in [2.75, 3.05) is 10.6 Å². The van der Waals surface area contributed by atoms with Gasteiger partial charge >= 0.3 is 42.5 Å². The predicted molar refractivity (Wildman–Crippen MR) is 109 cm³/mol. The molecule has 0 unspecified atom stereocenters. The van der Waals surface area contributed by atoms with Gasteiger partial charge in [-0.3, -0.25) is 14.4 Å². The second kappa shape index (κ2) is 12.0. The Morgan fingerprint density at radius 2 is 0.925 bits per heavy atom. The molecule has 0 heterocycles. The number of carboxylic acids is 1. The molecule has 40 heavy (non-hydrogen) atoms. The van der Waals surface area contributed by atoms with Crippen molar-refractivity contribution in [2.45, 2.75) is 24.7 Å². The predicted octanol–water partition coefficient (Wildman–Crippen LogP) is 6.49. The van der Waals surface area contributed by atoms with Crippen molar-refractivity contribution in [2.24, 2.45) is 0 Å². The molecule has 20 heteroatoms. The molecule has 2 rings (SSSR count). The molecule has 0 saturated carbocycles. The van der Waals surface area contributed by atoms with Gasteiger partial charge in [0.2, 0.25) is 0 Å². The second-order valence-corrected chi connectivity index (χ2v) is 7.34. The molecule has 2 aromatic rings. The minimum Gasteiger partial charge on any atom is -0.478 e. The van der Waals surface area contributed by atoms with Crippen LogP contribution in [0.2, 0.25) is 0 Å². The monoisotopic (exact) mass is 620 g/mol. The number of halogens is 13. The SMILES string of the molecule is O=C(Cl)c1ccc(NC(=O)C(F)(F)F)cc1C(F)(F)F.O=C(O)c1ccc(NC(=O)C(F)(F)F)cc1C(F)(F)F. The molecule has 0 atom stereocenters.